The van der Waals surface area contributed by atoms with Gasteiger partial charge in [-0.15, -0.1) is 0 Å². The molecule has 26 heavy (non-hydrogen) atoms. The first-order valence-electron chi connectivity index (χ1n) is 7.33. The summed E-state index contributed by atoms with van der Waals surface area (Å²) >= 11 is 12.5. The summed E-state index contributed by atoms with van der Waals surface area (Å²) in [6.07, 6.45) is 1.58. The van der Waals surface area contributed by atoms with E-state index >= 15 is 0 Å². The molecule has 0 bridgehead atoms. The third-order valence-electron chi connectivity index (χ3n) is 3.46. The maximum absolute atomic E-state index is 11.9. The maximum atomic E-state index is 11.9. The van der Waals surface area contributed by atoms with Gasteiger partial charge in [-0.2, -0.15) is 0 Å². The van der Waals surface area contributed by atoms with Crippen LogP contribution in [0.3, 0.4) is 0 Å². The zero-order valence-electron chi connectivity index (χ0n) is 13.4. The van der Waals surface area contributed by atoms with Crippen LogP contribution in [0, 0.1) is 0 Å². The molecule has 1 fully saturated rings. The largest absolute Gasteiger partial charge is 0.454 e. The average Bonchev–Trinajstić information content (AvgIpc) is 2.58. The Labute approximate surface area is 161 Å². The van der Waals surface area contributed by atoms with Gasteiger partial charge in [0.2, 0.25) is 5.91 Å². The van der Waals surface area contributed by atoms with E-state index in [4.69, 9.17) is 27.9 Å². The second-order valence-corrected chi connectivity index (χ2v) is 7.48. The van der Waals surface area contributed by atoms with Gasteiger partial charge in [-0.25, -0.2) is 15.2 Å². The third-order valence-corrected chi connectivity index (χ3v) is 4.96. The predicted molar refractivity (Wildman–Crippen MR) is 99.3 cm³/mol. The fraction of sp³-hybridized carbons (Fsp3) is 0.125. The van der Waals surface area contributed by atoms with Gasteiger partial charge in [0, 0.05) is 22.0 Å². The number of imide groups is 1. The van der Waals surface area contributed by atoms with Crippen LogP contribution in [0.4, 0.5) is 10.5 Å². The highest BCUT2D eigenvalue weighted by molar-refractivity contribution is 7.84. The Kier molecular flexibility index (Phi) is 5.47. The Bertz CT molecular complexity index is 882. The zero-order valence-corrected chi connectivity index (χ0v) is 15.7. The molecular formula is C16H13Cl2N3O4S. The number of nitrogens with one attached hydrogen (secondary N) is 2. The standard InChI is InChI=1S/C16H13Cl2N3O4S/c1-26(24)11-4-2-10(3-5-11)25-15-12(17)6-9(7-13(15)18)21-16(23)20-14(22)8-19-21/h2-7,19H,8H2,1H3,(H,20,22,23). The topological polar surface area (TPSA) is 87.7 Å². The molecule has 0 aliphatic carbocycles. The van der Waals surface area contributed by atoms with Crippen LogP contribution in [0.5, 0.6) is 11.5 Å². The van der Waals surface area contributed by atoms with Gasteiger partial charge in [0.05, 0.1) is 22.3 Å². The van der Waals surface area contributed by atoms with E-state index in [1.165, 1.54) is 12.1 Å². The summed E-state index contributed by atoms with van der Waals surface area (Å²) in [5.41, 5.74) is 3.02. The van der Waals surface area contributed by atoms with Crippen LogP contribution in [0.25, 0.3) is 0 Å². The lowest BCUT2D eigenvalue weighted by molar-refractivity contribution is -0.119. The summed E-state index contributed by atoms with van der Waals surface area (Å²) < 4.78 is 17.1. The number of ether oxygens (including phenoxy) is 1. The number of hydrazine groups is 1. The number of hydrogen-bond acceptors (Lipinski definition) is 5. The first-order chi connectivity index (χ1) is 12.3. The van der Waals surface area contributed by atoms with Crippen LogP contribution < -0.4 is 20.5 Å². The smallest absolute Gasteiger partial charge is 0.343 e. The molecule has 0 aromatic heterocycles. The Hall–Kier alpha value is -2.13. The molecule has 1 unspecified atom stereocenters. The minimum atomic E-state index is -1.09. The van der Waals surface area contributed by atoms with E-state index in [-0.39, 0.29) is 22.3 Å². The quantitative estimate of drug-likeness (QED) is 0.803. The lowest BCUT2D eigenvalue weighted by Crippen LogP contribution is -2.59. The van der Waals surface area contributed by atoms with Gasteiger partial charge in [-0.05, 0) is 36.4 Å². The van der Waals surface area contributed by atoms with Gasteiger partial charge in [0.15, 0.2) is 5.75 Å². The highest BCUT2D eigenvalue weighted by Crippen LogP contribution is 2.39. The summed E-state index contributed by atoms with van der Waals surface area (Å²) in [4.78, 5) is 23.7. The van der Waals surface area contributed by atoms with Crippen molar-refractivity contribution >= 4 is 51.6 Å². The van der Waals surface area contributed by atoms with E-state index in [1.807, 2.05) is 0 Å². The Morgan fingerprint density at radius 2 is 1.73 bits per heavy atom. The van der Waals surface area contributed by atoms with Crippen LogP contribution in [0.2, 0.25) is 10.0 Å². The second kappa shape index (κ2) is 7.63. The minimum Gasteiger partial charge on any atom is -0.454 e. The van der Waals surface area contributed by atoms with Gasteiger partial charge >= 0.3 is 6.03 Å². The molecule has 136 valence electrons. The van der Waals surface area contributed by atoms with Crippen LogP contribution in [-0.2, 0) is 15.6 Å². The van der Waals surface area contributed by atoms with Gasteiger partial charge in [-0.3, -0.25) is 14.3 Å². The minimum absolute atomic E-state index is 0.0512. The van der Waals surface area contributed by atoms with Crippen LogP contribution in [0.1, 0.15) is 0 Å². The molecule has 2 aromatic carbocycles. The molecule has 1 atom stereocenters. The van der Waals surface area contributed by atoms with Crippen molar-refractivity contribution in [3.63, 3.8) is 0 Å². The number of benzene rings is 2. The van der Waals surface area contributed by atoms with E-state index in [0.717, 1.165) is 5.01 Å². The Morgan fingerprint density at radius 1 is 1.12 bits per heavy atom. The SMILES string of the molecule is CS(=O)c1ccc(Oc2c(Cl)cc(N3NCC(=O)NC3=O)cc2Cl)cc1. The lowest BCUT2D eigenvalue weighted by Gasteiger charge is -2.27. The zero-order chi connectivity index (χ0) is 18.8. The van der Waals surface area contributed by atoms with Crippen molar-refractivity contribution in [1.29, 1.82) is 0 Å². The molecule has 0 spiro atoms. The maximum Gasteiger partial charge on any atom is 0.343 e. The third kappa shape index (κ3) is 3.99. The highest BCUT2D eigenvalue weighted by Gasteiger charge is 2.25. The molecule has 1 heterocycles. The number of carbonyl (C=O) groups is 2. The summed E-state index contributed by atoms with van der Waals surface area (Å²) in [6, 6.07) is 9.01. The van der Waals surface area contributed by atoms with Crippen molar-refractivity contribution in [2.24, 2.45) is 0 Å². The van der Waals surface area contributed by atoms with E-state index in [2.05, 4.69) is 10.7 Å². The van der Waals surface area contributed by atoms with Gasteiger partial charge in [-0.1, -0.05) is 23.2 Å². The number of carbonyl (C=O) groups excluding carboxylic acids is 2. The van der Waals surface area contributed by atoms with Crippen molar-refractivity contribution in [3.8, 4) is 11.5 Å². The number of urea groups is 1. The van der Waals surface area contributed by atoms with E-state index < -0.39 is 22.7 Å². The number of hydrogen-bond donors (Lipinski definition) is 2. The van der Waals surface area contributed by atoms with Crippen LogP contribution in [0.15, 0.2) is 41.3 Å². The number of anilines is 1. The molecule has 1 saturated heterocycles. The number of amides is 3. The van der Waals surface area contributed by atoms with Crippen molar-refractivity contribution in [3.05, 3.63) is 46.4 Å². The molecule has 3 amide bonds. The first-order valence-corrected chi connectivity index (χ1v) is 9.64. The number of halogens is 2. The molecule has 3 rings (SSSR count). The fourth-order valence-corrected chi connectivity index (χ4v) is 3.31. The molecule has 2 aromatic rings. The monoisotopic (exact) mass is 413 g/mol. The Morgan fingerprint density at radius 3 is 2.27 bits per heavy atom. The molecule has 10 heteroatoms. The van der Waals surface area contributed by atoms with Gasteiger partial charge in [0.25, 0.3) is 0 Å². The normalized spacial score (nSPS) is 15.6. The molecule has 2 N–H and O–H groups in total. The number of nitrogens with zero attached hydrogens (tertiary/aromatic N) is 1. The van der Waals surface area contributed by atoms with Gasteiger partial charge in [0.1, 0.15) is 5.75 Å². The molecule has 1 aliphatic heterocycles. The lowest BCUT2D eigenvalue weighted by atomic mass is 10.2. The van der Waals surface area contributed by atoms with Crippen molar-refractivity contribution in [2.75, 3.05) is 17.8 Å². The summed E-state index contributed by atoms with van der Waals surface area (Å²) in [5.74, 6) is 0.256. The van der Waals surface area contributed by atoms with E-state index in [9.17, 15) is 13.8 Å². The summed E-state index contributed by atoms with van der Waals surface area (Å²) in [7, 11) is -1.09. The molecule has 1 aliphatic rings. The fourth-order valence-electron chi connectivity index (χ4n) is 2.24. The van der Waals surface area contributed by atoms with Crippen molar-refractivity contribution < 1.29 is 18.5 Å². The van der Waals surface area contributed by atoms with Crippen LogP contribution >= 0.6 is 23.2 Å². The molecule has 7 nitrogen and oxygen atoms in total. The summed E-state index contributed by atoms with van der Waals surface area (Å²) in [6.45, 7) is -0.0512. The highest BCUT2D eigenvalue weighted by atomic mass is 35.5. The Balaban J connectivity index is 1.84. The second-order valence-electron chi connectivity index (χ2n) is 5.29. The average molecular weight is 414 g/mol. The predicted octanol–water partition coefficient (Wildman–Crippen LogP) is 3.08. The summed E-state index contributed by atoms with van der Waals surface area (Å²) in [5, 5.41) is 3.68. The molecule has 0 radical (unpaired) electrons. The molecular weight excluding hydrogens is 401 g/mol. The molecule has 0 saturated carbocycles. The van der Waals surface area contributed by atoms with Crippen molar-refractivity contribution in [2.45, 2.75) is 4.90 Å². The van der Waals surface area contributed by atoms with Crippen molar-refractivity contribution in [1.82, 2.24) is 10.7 Å². The first kappa shape index (κ1) is 18.7. The number of rotatable bonds is 4. The van der Waals surface area contributed by atoms with E-state index in [1.54, 1.807) is 30.5 Å². The van der Waals surface area contributed by atoms with Gasteiger partial charge < -0.3 is 4.74 Å². The van der Waals surface area contributed by atoms with Crippen LogP contribution in [-0.4, -0.2) is 28.9 Å². The van der Waals surface area contributed by atoms with E-state index in [0.29, 0.717) is 16.3 Å².